The van der Waals surface area contributed by atoms with Crippen LogP contribution in [-0.2, 0) is 0 Å². The number of hydrogen-bond acceptors (Lipinski definition) is 0. The molecule has 5 aliphatic carbocycles. The second-order valence-corrected chi connectivity index (χ2v) is 8.88. The number of hydrogen-bond donors (Lipinski definition) is 0. The first-order valence-corrected chi connectivity index (χ1v) is 9.37. The molecule has 5 fully saturated rings. The summed E-state index contributed by atoms with van der Waals surface area (Å²) in [7, 11) is 0. The fourth-order valence-corrected chi connectivity index (χ4v) is 7.79. The van der Waals surface area contributed by atoms with Gasteiger partial charge in [-0.3, -0.25) is 0 Å². The van der Waals surface area contributed by atoms with Crippen molar-refractivity contribution in [3.8, 4) is 0 Å². The molecule has 0 amide bonds. The van der Waals surface area contributed by atoms with Crippen molar-refractivity contribution in [3.63, 3.8) is 0 Å². The van der Waals surface area contributed by atoms with E-state index >= 15 is 0 Å². The van der Waals surface area contributed by atoms with Crippen LogP contribution in [0.4, 0.5) is 0 Å². The molecule has 0 N–H and O–H groups in total. The molecule has 0 saturated heterocycles. The van der Waals surface area contributed by atoms with Gasteiger partial charge in [-0.2, -0.15) is 0 Å². The van der Waals surface area contributed by atoms with E-state index in [-0.39, 0.29) is 0 Å². The molecular weight excluding hydrogens is 228 g/mol. The second-order valence-electron chi connectivity index (χ2n) is 8.88. The van der Waals surface area contributed by atoms with Gasteiger partial charge in [0.2, 0.25) is 0 Å². The van der Waals surface area contributed by atoms with Crippen LogP contribution in [0.15, 0.2) is 0 Å². The maximum absolute atomic E-state index is 1.63. The van der Waals surface area contributed by atoms with E-state index in [0.29, 0.717) is 0 Å². The monoisotopic (exact) mass is 258 g/mol. The minimum Gasteiger partial charge on any atom is -0.0528 e. The smallest absolute Gasteiger partial charge is 0.0266 e. The van der Waals surface area contributed by atoms with Gasteiger partial charge < -0.3 is 0 Å². The Labute approximate surface area is 118 Å². The van der Waals surface area contributed by atoms with Gasteiger partial charge in [0, 0.05) is 0 Å². The molecule has 0 aliphatic heterocycles. The largest absolute Gasteiger partial charge is 0.0528 e. The van der Waals surface area contributed by atoms with E-state index in [2.05, 4.69) is 0 Å². The van der Waals surface area contributed by atoms with E-state index in [1.165, 1.54) is 23.7 Å². The molecule has 0 aromatic carbocycles. The zero-order valence-electron chi connectivity index (χ0n) is 12.4. The molecule has 6 unspecified atom stereocenters. The summed E-state index contributed by atoms with van der Waals surface area (Å²) in [5, 5.41) is 0. The summed E-state index contributed by atoms with van der Waals surface area (Å²) in [6.07, 6.45) is 19.3. The van der Waals surface area contributed by atoms with Crippen molar-refractivity contribution >= 4 is 0 Å². The molecule has 0 aromatic heterocycles. The zero-order valence-corrected chi connectivity index (χ0v) is 12.4. The minimum absolute atomic E-state index is 0.880. The van der Waals surface area contributed by atoms with Crippen molar-refractivity contribution in [3.05, 3.63) is 0 Å². The lowest BCUT2D eigenvalue weighted by Crippen LogP contribution is -2.56. The molecule has 5 saturated carbocycles. The highest BCUT2D eigenvalue weighted by Crippen LogP contribution is 2.68. The third-order valence-corrected chi connectivity index (χ3v) is 8.60. The van der Waals surface area contributed by atoms with E-state index in [0.717, 1.165) is 17.3 Å². The lowest BCUT2D eigenvalue weighted by Gasteiger charge is -2.65. The topological polar surface area (TPSA) is 0 Å². The number of rotatable bonds is 0. The summed E-state index contributed by atoms with van der Waals surface area (Å²) in [4.78, 5) is 0. The number of fused-ring (bicyclic) bond motifs is 1. The van der Waals surface area contributed by atoms with Crippen LogP contribution in [0.2, 0.25) is 0 Å². The third-order valence-electron chi connectivity index (χ3n) is 8.60. The first-order chi connectivity index (χ1) is 9.37. The van der Waals surface area contributed by atoms with Crippen molar-refractivity contribution in [1.29, 1.82) is 0 Å². The maximum Gasteiger partial charge on any atom is -0.0266 e. The molecule has 0 nitrogen and oxygen atoms in total. The molecule has 1 spiro atoms. The molecule has 0 heteroatoms. The second kappa shape index (κ2) is 4.01. The summed E-state index contributed by atoms with van der Waals surface area (Å²) in [5.41, 5.74) is 0.880. The molecule has 19 heavy (non-hydrogen) atoms. The molecule has 0 heterocycles. The predicted octanol–water partition coefficient (Wildman–Crippen LogP) is 5.42. The van der Waals surface area contributed by atoms with Gasteiger partial charge in [0.1, 0.15) is 0 Å². The van der Waals surface area contributed by atoms with E-state index in [9.17, 15) is 0 Å². The summed E-state index contributed by atoms with van der Waals surface area (Å²) >= 11 is 0. The Morgan fingerprint density at radius 1 is 0.526 bits per heavy atom. The summed E-state index contributed by atoms with van der Waals surface area (Å²) in [6.45, 7) is 0. The van der Waals surface area contributed by atoms with Crippen LogP contribution >= 0.6 is 0 Å². The first kappa shape index (κ1) is 11.6. The SMILES string of the molecule is C1CC2CCC3CCC4(CCC4)C4CCC(C1)C2C34. The normalized spacial score (nSPS) is 54.3. The van der Waals surface area contributed by atoms with Gasteiger partial charge in [-0.1, -0.05) is 25.7 Å². The fourth-order valence-electron chi connectivity index (χ4n) is 7.79. The van der Waals surface area contributed by atoms with Crippen LogP contribution in [0.25, 0.3) is 0 Å². The van der Waals surface area contributed by atoms with Crippen molar-refractivity contribution in [2.24, 2.45) is 40.9 Å². The van der Waals surface area contributed by atoms with Crippen LogP contribution in [0, 0.1) is 40.9 Å². The molecule has 106 valence electrons. The van der Waals surface area contributed by atoms with Crippen LogP contribution in [0.5, 0.6) is 0 Å². The quantitative estimate of drug-likeness (QED) is 0.544. The molecule has 5 rings (SSSR count). The fraction of sp³-hybridized carbons (Fsp3) is 1.00. The molecule has 5 aliphatic rings. The minimum atomic E-state index is 0.880. The van der Waals surface area contributed by atoms with Crippen molar-refractivity contribution in [2.45, 2.75) is 77.0 Å². The van der Waals surface area contributed by atoms with E-state index in [1.807, 2.05) is 0 Å². The maximum atomic E-state index is 1.63. The van der Waals surface area contributed by atoms with Gasteiger partial charge in [0.15, 0.2) is 0 Å². The van der Waals surface area contributed by atoms with Crippen molar-refractivity contribution in [1.82, 2.24) is 0 Å². The van der Waals surface area contributed by atoms with E-state index in [4.69, 9.17) is 0 Å². The van der Waals surface area contributed by atoms with Crippen LogP contribution < -0.4 is 0 Å². The Morgan fingerprint density at radius 2 is 1.21 bits per heavy atom. The highest BCUT2D eigenvalue weighted by atomic mass is 14.6. The molecule has 0 aromatic rings. The standard InChI is InChI=1S/C19H30/c1-3-13-5-6-15-9-12-19(10-2-11-19)16-8-7-14(4-1)17(13)18(15)16/h13-18H,1-12H2. The third kappa shape index (κ3) is 1.47. The lowest BCUT2D eigenvalue weighted by molar-refractivity contribution is -0.153. The summed E-state index contributed by atoms with van der Waals surface area (Å²) in [5.74, 6) is 7.08. The average Bonchev–Trinajstić information content (AvgIpc) is 2.43. The van der Waals surface area contributed by atoms with Crippen LogP contribution in [0.1, 0.15) is 77.0 Å². The van der Waals surface area contributed by atoms with Crippen LogP contribution in [0.3, 0.4) is 0 Å². The van der Waals surface area contributed by atoms with Gasteiger partial charge >= 0.3 is 0 Å². The average molecular weight is 258 g/mol. The Kier molecular flexibility index (Phi) is 2.46. The van der Waals surface area contributed by atoms with Crippen molar-refractivity contribution in [2.75, 3.05) is 0 Å². The zero-order chi connectivity index (χ0) is 12.4. The Morgan fingerprint density at radius 3 is 1.89 bits per heavy atom. The van der Waals surface area contributed by atoms with Crippen LogP contribution in [-0.4, -0.2) is 0 Å². The summed E-state index contributed by atoms with van der Waals surface area (Å²) < 4.78 is 0. The Balaban J connectivity index is 1.52. The van der Waals surface area contributed by atoms with Gasteiger partial charge in [0.05, 0.1) is 0 Å². The van der Waals surface area contributed by atoms with Gasteiger partial charge in [-0.05, 0) is 92.3 Å². The summed E-state index contributed by atoms with van der Waals surface area (Å²) in [6, 6.07) is 0. The molecular formula is C19H30. The highest BCUT2D eigenvalue weighted by Gasteiger charge is 2.59. The Bertz CT molecular complexity index is 358. The predicted molar refractivity (Wildman–Crippen MR) is 78.8 cm³/mol. The van der Waals surface area contributed by atoms with Gasteiger partial charge in [-0.15, -0.1) is 0 Å². The molecule has 0 bridgehead atoms. The lowest BCUT2D eigenvalue weighted by atomic mass is 9.40. The molecule has 0 radical (unpaired) electrons. The highest BCUT2D eigenvalue weighted by molar-refractivity contribution is 5.08. The van der Waals surface area contributed by atoms with Crippen molar-refractivity contribution < 1.29 is 0 Å². The van der Waals surface area contributed by atoms with E-state index in [1.54, 1.807) is 77.0 Å². The first-order valence-electron chi connectivity index (χ1n) is 9.37. The van der Waals surface area contributed by atoms with Gasteiger partial charge in [0.25, 0.3) is 0 Å². The molecule has 6 atom stereocenters. The van der Waals surface area contributed by atoms with Gasteiger partial charge in [-0.25, -0.2) is 0 Å². The Hall–Kier alpha value is 0. The van der Waals surface area contributed by atoms with E-state index < -0.39 is 0 Å².